The van der Waals surface area contributed by atoms with Gasteiger partial charge in [0.2, 0.25) is 5.95 Å². The van der Waals surface area contributed by atoms with Gasteiger partial charge in [-0.3, -0.25) is 13.9 Å². The lowest BCUT2D eigenvalue weighted by molar-refractivity contribution is 0.647. The van der Waals surface area contributed by atoms with E-state index in [1.54, 1.807) is 14.0 Å². The zero-order chi connectivity index (χ0) is 19.5. The summed E-state index contributed by atoms with van der Waals surface area (Å²) in [6.45, 7) is 11.4. The summed E-state index contributed by atoms with van der Waals surface area (Å²) in [4.78, 5) is 32.4. The molecule has 0 saturated carbocycles. The van der Waals surface area contributed by atoms with Crippen molar-refractivity contribution in [3.63, 3.8) is 0 Å². The zero-order valence-corrected chi connectivity index (χ0v) is 16.1. The molecule has 0 fully saturated rings. The average molecular weight is 365 g/mol. The maximum Gasteiger partial charge on any atom is 0.332 e. The Morgan fingerprint density at radius 2 is 1.81 bits per heavy atom. The van der Waals surface area contributed by atoms with Crippen molar-refractivity contribution >= 4 is 22.8 Å². The third kappa shape index (κ3) is 2.61. The molecule has 0 radical (unpaired) electrons. The van der Waals surface area contributed by atoms with Gasteiger partial charge in [-0.1, -0.05) is 18.2 Å². The summed E-state index contributed by atoms with van der Waals surface area (Å²) in [6, 6.07) is 6.35. The molecule has 27 heavy (non-hydrogen) atoms. The molecule has 1 aliphatic rings. The highest BCUT2D eigenvalue weighted by Crippen LogP contribution is 2.32. The van der Waals surface area contributed by atoms with Crippen molar-refractivity contribution < 1.29 is 0 Å². The number of nitrogens with zero attached hydrogens (tertiary/aromatic N) is 5. The Bertz CT molecular complexity index is 1190. The number of rotatable bonds is 3. The molecule has 0 atom stereocenters. The molecule has 1 aromatic carbocycles. The van der Waals surface area contributed by atoms with Crippen molar-refractivity contribution in [1.29, 1.82) is 0 Å². The summed E-state index contributed by atoms with van der Waals surface area (Å²) < 4.78 is 4.60. The lowest BCUT2D eigenvalue weighted by Gasteiger charge is -2.17. The van der Waals surface area contributed by atoms with Crippen LogP contribution in [0.3, 0.4) is 0 Å². The normalized spacial score (nSPS) is 13.4. The fourth-order valence-corrected chi connectivity index (χ4v) is 3.84. The lowest BCUT2D eigenvalue weighted by atomic mass is 10.1. The Labute approximate surface area is 156 Å². The predicted octanol–water partition coefficient (Wildman–Crippen LogP) is 2.24. The molecular weight excluding hydrogens is 342 g/mol. The highest BCUT2D eigenvalue weighted by molar-refractivity contribution is 5.78. The van der Waals surface area contributed by atoms with Crippen LogP contribution in [0.1, 0.15) is 18.1 Å². The van der Waals surface area contributed by atoms with Gasteiger partial charge in [0.1, 0.15) is 0 Å². The topological polar surface area (TPSA) is 65.1 Å². The number of benzene rings is 1. The molecule has 4 rings (SSSR count). The van der Waals surface area contributed by atoms with E-state index in [0.717, 1.165) is 17.8 Å². The standard InChI is InChI=1S/C20H23N5O2/c1-12(2)11-25-18(26)16-17(22(5)20(25)27)21-19-23(6-7-24(16)19)15-9-13(3)8-14(4)10-15/h8-10H,1,6-7,11H2,2-5H3. The number of allylic oxidation sites excluding steroid dienone is 1. The van der Waals surface area contributed by atoms with Crippen LogP contribution in [0.5, 0.6) is 0 Å². The second kappa shape index (κ2) is 5.97. The summed E-state index contributed by atoms with van der Waals surface area (Å²) in [6.07, 6.45) is 0. The third-order valence-electron chi connectivity index (χ3n) is 4.95. The first kappa shape index (κ1) is 17.3. The molecular formula is C20H23N5O2. The van der Waals surface area contributed by atoms with Gasteiger partial charge in [-0.25, -0.2) is 4.79 Å². The highest BCUT2D eigenvalue weighted by Gasteiger charge is 2.28. The fourth-order valence-electron chi connectivity index (χ4n) is 3.84. The van der Waals surface area contributed by atoms with Crippen LogP contribution < -0.4 is 16.1 Å². The van der Waals surface area contributed by atoms with Gasteiger partial charge in [-0.2, -0.15) is 4.98 Å². The van der Waals surface area contributed by atoms with Crippen molar-refractivity contribution in [2.45, 2.75) is 33.9 Å². The van der Waals surface area contributed by atoms with E-state index in [9.17, 15) is 9.59 Å². The van der Waals surface area contributed by atoms with Crippen molar-refractivity contribution in [3.05, 3.63) is 62.3 Å². The SMILES string of the molecule is C=C(C)Cn1c(=O)c2c(nc3n2CCN3c2cc(C)cc(C)c2)n(C)c1=O. The first-order chi connectivity index (χ1) is 12.8. The number of aryl methyl sites for hydroxylation is 3. The molecule has 7 nitrogen and oxygen atoms in total. The van der Waals surface area contributed by atoms with E-state index in [-0.39, 0.29) is 17.8 Å². The van der Waals surface area contributed by atoms with Gasteiger partial charge in [-0.15, -0.1) is 0 Å². The fraction of sp³-hybridized carbons (Fsp3) is 0.350. The molecule has 0 aliphatic carbocycles. The quantitative estimate of drug-likeness (QED) is 0.668. The molecule has 0 spiro atoms. The molecule has 3 aromatic rings. The molecule has 0 unspecified atom stereocenters. The molecule has 2 aromatic heterocycles. The van der Waals surface area contributed by atoms with Gasteiger partial charge in [-0.05, 0) is 44.0 Å². The van der Waals surface area contributed by atoms with Crippen LogP contribution in [0.15, 0.2) is 39.9 Å². The van der Waals surface area contributed by atoms with Crippen molar-refractivity contribution in [2.75, 3.05) is 11.4 Å². The maximum atomic E-state index is 13.0. The van der Waals surface area contributed by atoms with Crippen molar-refractivity contribution in [3.8, 4) is 0 Å². The summed E-state index contributed by atoms with van der Waals surface area (Å²) >= 11 is 0. The van der Waals surface area contributed by atoms with Crippen molar-refractivity contribution in [2.24, 2.45) is 7.05 Å². The molecule has 0 saturated heterocycles. The van der Waals surface area contributed by atoms with Gasteiger partial charge in [0.05, 0.1) is 6.54 Å². The van der Waals surface area contributed by atoms with E-state index in [1.165, 1.54) is 20.3 Å². The monoisotopic (exact) mass is 365 g/mol. The Morgan fingerprint density at radius 1 is 1.15 bits per heavy atom. The first-order valence-corrected chi connectivity index (χ1v) is 8.98. The molecule has 1 aliphatic heterocycles. The predicted molar refractivity (Wildman–Crippen MR) is 107 cm³/mol. The minimum Gasteiger partial charge on any atom is -0.310 e. The van der Waals surface area contributed by atoms with Gasteiger partial charge in [0, 0.05) is 25.8 Å². The summed E-state index contributed by atoms with van der Waals surface area (Å²) in [5, 5.41) is 0. The minimum absolute atomic E-state index is 0.211. The smallest absolute Gasteiger partial charge is 0.310 e. The van der Waals surface area contributed by atoms with Crippen LogP contribution in [0.25, 0.3) is 11.2 Å². The van der Waals surface area contributed by atoms with Crippen molar-refractivity contribution in [1.82, 2.24) is 18.7 Å². The molecule has 7 heteroatoms. The maximum absolute atomic E-state index is 13.0. The van der Waals surface area contributed by atoms with Gasteiger partial charge in [0.15, 0.2) is 11.2 Å². The van der Waals surface area contributed by atoms with Crippen LogP contribution in [-0.4, -0.2) is 25.2 Å². The molecule has 0 bridgehead atoms. The first-order valence-electron chi connectivity index (χ1n) is 8.98. The van der Waals surface area contributed by atoms with E-state index >= 15 is 0 Å². The Hall–Kier alpha value is -3.09. The number of fused-ring (bicyclic) bond motifs is 3. The third-order valence-corrected chi connectivity index (χ3v) is 4.95. The van der Waals surface area contributed by atoms with Crippen LogP contribution in [-0.2, 0) is 20.1 Å². The average Bonchev–Trinajstić information content (AvgIpc) is 3.14. The lowest BCUT2D eigenvalue weighted by Crippen LogP contribution is -2.39. The van der Waals surface area contributed by atoms with Crippen LogP contribution in [0.4, 0.5) is 11.6 Å². The Kier molecular flexibility index (Phi) is 3.83. The number of imidazole rings is 1. The largest absolute Gasteiger partial charge is 0.332 e. The number of anilines is 2. The van der Waals surface area contributed by atoms with E-state index < -0.39 is 0 Å². The summed E-state index contributed by atoms with van der Waals surface area (Å²) in [5.74, 6) is 0.704. The van der Waals surface area contributed by atoms with Crippen LogP contribution in [0.2, 0.25) is 0 Å². The van der Waals surface area contributed by atoms with E-state index in [4.69, 9.17) is 0 Å². The summed E-state index contributed by atoms with van der Waals surface area (Å²) in [5.41, 5.74) is 4.38. The molecule has 0 amide bonds. The summed E-state index contributed by atoms with van der Waals surface area (Å²) in [7, 11) is 1.66. The Morgan fingerprint density at radius 3 is 2.44 bits per heavy atom. The minimum atomic E-state index is -0.370. The number of aromatic nitrogens is 4. The van der Waals surface area contributed by atoms with E-state index in [0.29, 0.717) is 23.7 Å². The highest BCUT2D eigenvalue weighted by atomic mass is 16.2. The van der Waals surface area contributed by atoms with Gasteiger partial charge in [0.25, 0.3) is 5.56 Å². The molecule has 140 valence electrons. The second-order valence-electron chi connectivity index (χ2n) is 7.42. The van der Waals surface area contributed by atoms with Gasteiger partial charge < -0.3 is 9.47 Å². The van der Waals surface area contributed by atoms with E-state index in [2.05, 4.69) is 48.5 Å². The number of hydrogen-bond acceptors (Lipinski definition) is 4. The van der Waals surface area contributed by atoms with Crippen LogP contribution in [0, 0.1) is 13.8 Å². The Balaban J connectivity index is 1.96. The second-order valence-corrected chi connectivity index (χ2v) is 7.42. The molecule has 3 heterocycles. The molecule has 0 N–H and O–H groups in total. The van der Waals surface area contributed by atoms with E-state index in [1.807, 2.05) is 4.57 Å². The van der Waals surface area contributed by atoms with Gasteiger partial charge >= 0.3 is 5.69 Å². The van der Waals surface area contributed by atoms with Crippen LogP contribution >= 0.6 is 0 Å². The zero-order valence-electron chi connectivity index (χ0n) is 16.1. The number of hydrogen-bond donors (Lipinski definition) is 0.